The van der Waals surface area contributed by atoms with Gasteiger partial charge in [0, 0.05) is 26.2 Å². The van der Waals surface area contributed by atoms with Gasteiger partial charge in [0.1, 0.15) is 5.84 Å². The summed E-state index contributed by atoms with van der Waals surface area (Å²) in [6.07, 6.45) is 3.38. The van der Waals surface area contributed by atoms with Gasteiger partial charge in [0.05, 0.1) is 24.7 Å². The number of sulfonamides is 1. The Morgan fingerprint density at radius 2 is 1.68 bits per heavy atom. The van der Waals surface area contributed by atoms with Crippen molar-refractivity contribution in [3.05, 3.63) is 29.8 Å². The first-order valence-electron chi connectivity index (χ1n) is 9.00. The molecule has 1 aromatic rings. The number of hydrogen-bond acceptors (Lipinski definition) is 4. The van der Waals surface area contributed by atoms with Crippen LogP contribution >= 0.6 is 0 Å². The van der Waals surface area contributed by atoms with Crippen LogP contribution in [0.3, 0.4) is 0 Å². The van der Waals surface area contributed by atoms with Gasteiger partial charge in [-0.1, -0.05) is 17.7 Å². The average molecular weight is 365 g/mol. The van der Waals surface area contributed by atoms with Gasteiger partial charge in [-0.3, -0.25) is 4.90 Å². The van der Waals surface area contributed by atoms with Crippen LogP contribution in [-0.4, -0.2) is 70.0 Å². The lowest BCUT2D eigenvalue weighted by molar-refractivity contribution is 0.0440. The Morgan fingerprint density at radius 1 is 1.04 bits per heavy atom. The molecule has 2 fully saturated rings. The van der Waals surface area contributed by atoms with Crippen LogP contribution in [0.1, 0.15) is 24.8 Å². The van der Waals surface area contributed by atoms with Gasteiger partial charge < -0.3 is 9.64 Å². The molecular formula is C18H27N3O3S. The molecule has 25 heavy (non-hydrogen) atoms. The van der Waals surface area contributed by atoms with Crippen LogP contribution in [0.4, 0.5) is 0 Å². The Labute approximate surface area is 150 Å². The van der Waals surface area contributed by atoms with Crippen molar-refractivity contribution >= 4 is 15.9 Å². The van der Waals surface area contributed by atoms with Crippen molar-refractivity contribution in [1.82, 2.24) is 9.80 Å². The van der Waals surface area contributed by atoms with Crippen LogP contribution in [0.15, 0.2) is 33.6 Å². The lowest BCUT2D eigenvalue weighted by Crippen LogP contribution is -2.46. The monoisotopic (exact) mass is 365 g/mol. The molecule has 0 saturated carbocycles. The van der Waals surface area contributed by atoms with Crippen molar-refractivity contribution < 1.29 is 13.2 Å². The number of hydrogen-bond donors (Lipinski definition) is 0. The molecule has 0 N–H and O–H groups in total. The highest BCUT2D eigenvalue weighted by Crippen LogP contribution is 2.17. The van der Waals surface area contributed by atoms with Crippen molar-refractivity contribution in [1.29, 1.82) is 0 Å². The molecule has 0 aliphatic carbocycles. The smallest absolute Gasteiger partial charge is 0.283 e. The minimum atomic E-state index is -3.69. The molecule has 0 unspecified atom stereocenters. The van der Waals surface area contributed by atoms with E-state index in [1.807, 2.05) is 19.1 Å². The Morgan fingerprint density at radius 3 is 2.32 bits per heavy atom. The second-order valence-electron chi connectivity index (χ2n) is 6.73. The molecule has 0 atom stereocenters. The SMILES string of the molecule is Cc1ccc(S(=O)(=O)N=C(CN2CCOCC2)N2CCCCC2)cc1. The summed E-state index contributed by atoms with van der Waals surface area (Å²) < 4.78 is 35.2. The van der Waals surface area contributed by atoms with E-state index >= 15 is 0 Å². The Kier molecular flexibility index (Phi) is 6.09. The highest BCUT2D eigenvalue weighted by Gasteiger charge is 2.23. The summed E-state index contributed by atoms with van der Waals surface area (Å²) in [6.45, 7) is 7.29. The number of ether oxygens (including phenoxy) is 1. The third kappa shape index (κ3) is 5.03. The van der Waals surface area contributed by atoms with Crippen molar-refractivity contribution in [2.24, 2.45) is 4.40 Å². The standard InChI is InChI=1S/C18H27N3O3S/c1-16-5-7-17(8-6-16)25(22,23)19-18(21-9-3-2-4-10-21)15-20-11-13-24-14-12-20/h5-8H,2-4,9-15H2,1H3. The fourth-order valence-corrected chi connectivity index (χ4v) is 4.24. The summed E-state index contributed by atoms with van der Waals surface area (Å²) >= 11 is 0. The van der Waals surface area contributed by atoms with Gasteiger partial charge in [-0.25, -0.2) is 0 Å². The molecule has 2 aliphatic heterocycles. The molecule has 0 amide bonds. The summed E-state index contributed by atoms with van der Waals surface area (Å²) in [6, 6.07) is 6.89. The van der Waals surface area contributed by atoms with Crippen molar-refractivity contribution in [3.8, 4) is 0 Å². The first-order chi connectivity index (χ1) is 12.0. The maximum absolute atomic E-state index is 12.8. The largest absolute Gasteiger partial charge is 0.379 e. The van der Waals surface area contributed by atoms with Gasteiger partial charge in [-0.2, -0.15) is 8.42 Å². The van der Waals surface area contributed by atoms with Crippen LogP contribution in [0, 0.1) is 6.92 Å². The number of morpholine rings is 1. The highest BCUT2D eigenvalue weighted by atomic mass is 32.2. The summed E-state index contributed by atoms with van der Waals surface area (Å²) in [7, 11) is -3.69. The highest BCUT2D eigenvalue weighted by molar-refractivity contribution is 7.90. The van der Waals surface area contributed by atoms with Crippen molar-refractivity contribution in [2.45, 2.75) is 31.1 Å². The minimum absolute atomic E-state index is 0.259. The zero-order valence-electron chi connectivity index (χ0n) is 14.9. The molecule has 7 heteroatoms. The predicted octanol–water partition coefficient (Wildman–Crippen LogP) is 1.90. The second-order valence-corrected chi connectivity index (χ2v) is 8.34. The van der Waals surface area contributed by atoms with E-state index in [2.05, 4.69) is 14.2 Å². The lowest BCUT2D eigenvalue weighted by Gasteiger charge is -2.34. The van der Waals surface area contributed by atoms with Gasteiger partial charge >= 0.3 is 0 Å². The zero-order valence-corrected chi connectivity index (χ0v) is 15.7. The summed E-state index contributed by atoms with van der Waals surface area (Å²) in [5.74, 6) is 0.669. The molecule has 3 rings (SSSR count). The molecule has 2 saturated heterocycles. The maximum atomic E-state index is 12.8. The molecule has 138 valence electrons. The zero-order chi connectivity index (χ0) is 17.7. The van der Waals surface area contributed by atoms with Gasteiger partial charge in [0.15, 0.2) is 0 Å². The lowest BCUT2D eigenvalue weighted by atomic mass is 10.1. The maximum Gasteiger partial charge on any atom is 0.283 e. The Hall–Kier alpha value is -1.44. The molecular weight excluding hydrogens is 338 g/mol. The summed E-state index contributed by atoms with van der Waals surface area (Å²) in [5.41, 5.74) is 1.03. The normalized spacial score (nSPS) is 20.7. The number of rotatable bonds is 4. The summed E-state index contributed by atoms with van der Waals surface area (Å²) in [4.78, 5) is 4.63. The van der Waals surface area contributed by atoms with E-state index in [1.54, 1.807) is 12.1 Å². The van der Waals surface area contributed by atoms with E-state index in [4.69, 9.17) is 4.74 Å². The number of benzene rings is 1. The van der Waals surface area contributed by atoms with Gasteiger partial charge in [-0.05, 0) is 38.3 Å². The Bertz CT molecular complexity index is 689. The van der Waals surface area contributed by atoms with E-state index in [0.717, 1.165) is 44.6 Å². The molecule has 2 aliphatic rings. The topological polar surface area (TPSA) is 62.2 Å². The van der Waals surface area contributed by atoms with Crippen LogP contribution in [0.25, 0.3) is 0 Å². The van der Waals surface area contributed by atoms with E-state index < -0.39 is 10.0 Å². The van der Waals surface area contributed by atoms with Crippen LogP contribution in [0.2, 0.25) is 0 Å². The molecule has 0 bridgehead atoms. The van der Waals surface area contributed by atoms with Gasteiger partial charge in [0.2, 0.25) is 0 Å². The quantitative estimate of drug-likeness (QED) is 0.602. The second kappa shape index (κ2) is 8.29. The first kappa shape index (κ1) is 18.4. The van der Waals surface area contributed by atoms with Crippen LogP contribution in [-0.2, 0) is 14.8 Å². The van der Waals surface area contributed by atoms with Crippen LogP contribution in [0.5, 0.6) is 0 Å². The molecule has 2 heterocycles. The molecule has 1 aromatic carbocycles. The third-order valence-electron chi connectivity index (χ3n) is 4.73. The van der Waals surface area contributed by atoms with E-state index in [1.165, 1.54) is 6.42 Å². The number of likely N-dealkylation sites (tertiary alicyclic amines) is 1. The number of amidine groups is 1. The fourth-order valence-electron chi connectivity index (χ4n) is 3.20. The molecule has 6 nitrogen and oxygen atoms in total. The van der Waals surface area contributed by atoms with Crippen molar-refractivity contribution in [3.63, 3.8) is 0 Å². The average Bonchev–Trinajstić information content (AvgIpc) is 2.63. The number of aryl methyl sites for hydroxylation is 1. The third-order valence-corrected chi connectivity index (χ3v) is 6.05. The molecule has 0 radical (unpaired) electrons. The van der Waals surface area contributed by atoms with Crippen molar-refractivity contribution in [2.75, 3.05) is 45.9 Å². The van der Waals surface area contributed by atoms with E-state index in [9.17, 15) is 8.42 Å². The fraction of sp³-hybridized carbons (Fsp3) is 0.611. The molecule has 0 aromatic heterocycles. The van der Waals surface area contributed by atoms with Crippen LogP contribution < -0.4 is 0 Å². The predicted molar refractivity (Wildman–Crippen MR) is 98.5 cm³/mol. The minimum Gasteiger partial charge on any atom is -0.379 e. The van der Waals surface area contributed by atoms with Gasteiger partial charge in [0.25, 0.3) is 10.0 Å². The number of piperidine rings is 1. The summed E-state index contributed by atoms with van der Waals surface area (Å²) in [5, 5.41) is 0. The number of nitrogens with zero attached hydrogens (tertiary/aromatic N) is 3. The van der Waals surface area contributed by atoms with E-state index in [0.29, 0.717) is 25.6 Å². The molecule has 0 spiro atoms. The van der Waals surface area contributed by atoms with Gasteiger partial charge in [-0.15, -0.1) is 4.40 Å². The van der Waals surface area contributed by atoms with E-state index in [-0.39, 0.29) is 4.90 Å². The Balaban J connectivity index is 1.85. The first-order valence-corrected chi connectivity index (χ1v) is 10.4.